The van der Waals surface area contributed by atoms with E-state index >= 15 is 0 Å². The van der Waals surface area contributed by atoms with Gasteiger partial charge in [-0.3, -0.25) is 4.98 Å². The molecule has 0 atom stereocenters. The van der Waals surface area contributed by atoms with Crippen molar-refractivity contribution in [2.45, 2.75) is 20.4 Å². The number of aryl methyl sites for hydroxylation is 2. The number of nitrogens with two attached hydrogens (primary N) is 1. The first-order chi connectivity index (χ1) is 9.61. The maximum Gasteiger partial charge on any atom is 0.0907 e. The summed E-state index contributed by atoms with van der Waals surface area (Å²) in [6.45, 7) is 4.65. The van der Waals surface area contributed by atoms with Gasteiger partial charge in [-0.05, 0) is 38.1 Å². The molecule has 2 aromatic heterocycles. The Morgan fingerprint density at radius 3 is 2.85 bits per heavy atom. The Morgan fingerprint density at radius 1 is 1.20 bits per heavy atom. The van der Waals surface area contributed by atoms with E-state index in [4.69, 9.17) is 5.73 Å². The van der Waals surface area contributed by atoms with Crippen LogP contribution in [0, 0.1) is 13.8 Å². The number of thiazole rings is 1. The van der Waals surface area contributed by atoms with Gasteiger partial charge in [0, 0.05) is 5.69 Å². The predicted octanol–water partition coefficient (Wildman–Crippen LogP) is 3.50. The van der Waals surface area contributed by atoms with Crippen LogP contribution in [-0.2, 0) is 6.54 Å². The lowest BCUT2D eigenvalue weighted by Gasteiger charge is -2.09. The number of nitrogens with one attached hydrogen (secondary N) is 1. The molecular weight excluding hydrogens is 268 g/mol. The molecule has 2 heterocycles. The number of hydrogen-bond acceptors (Lipinski definition) is 5. The van der Waals surface area contributed by atoms with Crippen LogP contribution in [0.4, 0.5) is 11.4 Å². The minimum Gasteiger partial charge on any atom is -0.397 e. The first-order valence-corrected chi connectivity index (χ1v) is 7.26. The molecule has 0 fully saturated rings. The Bertz CT molecular complexity index is 764. The minimum absolute atomic E-state index is 0.653. The Balaban J connectivity index is 1.85. The lowest BCUT2D eigenvalue weighted by molar-refractivity contribution is 1.02. The second kappa shape index (κ2) is 5.09. The largest absolute Gasteiger partial charge is 0.397 e. The van der Waals surface area contributed by atoms with Gasteiger partial charge in [-0.25, -0.2) is 4.98 Å². The molecule has 0 saturated heterocycles. The Hall–Kier alpha value is -2.14. The highest BCUT2D eigenvalue weighted by Crippen LogP contribution is 2.29. The highest BCUT2D eigenvalue weighted by Gasteiger charge is 2.06. The number of aromatic nitrogens is 2. The standard InChI is InChI=1S/C15H16N4S/c1-9-4-3-5-11(18-9)8-17-13-7-14-15(6-12(13)16)20-10(2)19-14/h3-7,17H,8,16H2,1-2H3. The summed E-state index contributed by atoms with van der Waals surface area (Å²) in [4.78, 5) is 8.96. The summed E-state index contributed by atoms with van der Waals surface area (Å²) in [5.41, 5.74) is 10.7. The number of rotatable bonds is 3. The summed E-state index contributed by atoms with van der Waals surface area (Å²) in [6.07, 6.45) is 0. The molecule has 1 aromatic carbocycles. The average molecular weight is 284 g/mol. The molecule has 0 saturated carbocycles. The maximum atomic E-state index is 6.09. The maximum absolute atomic E-state index is 6.09. The van der Waals surface area contributed by atoms with E-state index < -0.39 is 0 Å². The Labute approximate surface area is 121 Å². The van der Waals surface area contributed by atoms with Gasteiger partial charge in [-0.15, -0.1) is 11.3 Å². The molecule has 0 bridgehead atoms. The van der Waals surface area contributed by atoms with Crippen LogP contribution in [0.15, 0.2) is 30.3 Å². The molecule has 20 heavy (non-hydrogen) atoms. The van der Waals surface area contributed by atoms with E-state index in [0.717, 1.165) is 38.0 Å². The second-order valence-corrected chi connectivity index (χ2v) is 6.00. The number of nitrogen functional groups attached to an aromatic ring is 1. The Kier molecular flexibility index (Phi) is 3.28. The normalized spacial score (nSPS) is 10.9. The average Bonchev–Trinajstić information content (AvgIpc) is 2.75. The van der Waals surface area contributed by atoms with Crippen LogP contribution < -0.4 is 11.1 Å². The summed E-state index contributed by atoms with van der Waals surface area (Å²) >= 11 is 1.66. The monoisotopic (exact) mass is 284 g/mol. The molecule has 0 aliphatic rings. The second-order valence-electron chi connectivity index (χ2n) is 4.76. The van der Waals surface area contributed by atoms with Crippen molar-refractivity contribution in [2.75, 3.05) is 11.1 Å². The van der Waals surface area contributed by atoms with Crippen LogP contribution >= 0.6 is 11.3 Å². The summed E-state index contributed by atoms with van der Waals surface area (Å²) in [6, 6.07) is 9.98. The number of hydrogen-bond donors (Lipinski definition) is 2. The van der Waals surface area contributed by atoms with Gasteiger partial charge in [0.1, 0.15) is 0 Å². The fraction of sp³-hybridized carbons (Fsp3) is 0.200. The van der Waals surface area contributed by atoms with Crippen LogP contribution in [0.1, 0.15) is 16.4 Å². The number of fused-ring (bicyclic) bond motifs is 1. The molecule has 102 valence electrons. The van der Waals surface area contributed by atoms with Crippen molar-refractivity contribution in [3.63, 3.8) is 0 Å². The van der Waals surface area contributed by atoms with Gasteiger partial charge >= 0.3 is 0 Å². The van der Waals surface area contributed by atoms with E-state index in [1.165, 1.54) is 0 Å². The van der Waals surface area contributed by atoms with Crippen molar-refractivity contribution in [1.82, 2.24) is 9.97 Å². The van der Waals surface area contributed by atoms with Crippen LogP contribution in [0.2, 0.25) is 0 Å². The van der Waals surface area contributed by atoms with Gasteiger partial charge in [0.05, 0.1) is 38.8 Å². The lowest BCUT2D eigenvalue weighted by atomic mass is 10.2. The molecular formula is C15H16N4S. The highest BCUT2D eigenvalue weighted by atomic mass is 32.1. The zero-order valence-electron chi connectivity index (χ0n) is 11.5. The van der Waals surface area contributed by atoms with Crippen LogP contribution in [-0.4, -0.2) is 9.97 Å². The summed E-state index contributed by atoms with van der Waals surface area (Å²) < 4.78 is 1.12. The molecule has 3 rings (SSSR count). The zero-order chi connectivity index (χ0) is 14.1. The molecule has 0 radical (unpaired) electrons. The van der Waals surface area contributed by atoms with E-state index in [-0.39, 0.29) is 0 Å². The van der Waals surface area contributed by atoms with E-state index in [9.17, 15) is 0 Å². The minimum atomic E-state index is 0.653. The number of nitrogens with zero attached hydrogens (tertiary/aromatic N) is 2. The molecule has 3 N–H and O–H groups in total. The fourth-order valence-corrected chi connectivity index (χ4v) is 3.00. The third kappa shape index (κ3) is 2.58. The van der Waals surface area contributed by atoms with E-state index in [2.05, 4.69) is 15.3 Å². The number of benzene rings is 1. The van der Waals surface area contributed by atoms with Crippen molar-refractivity contribution < 1.29 is 0 Å². The van der Waals surface area contributed by atoms with Crippen LogP contribution in [0.25, 0.3) is 10.2 Å². The molecule has 0 spiro atoms. The fourth-order valence-electron chi connectivity index (χ4n) is 2.14. The van der Waals surface area contributed by atoms with Crippen molar-refractivity contribution >= 4 is 32.9 Å². The molecule has 0 aliphatic carbocycles. The Morgan fingerprint density at radius 2 is 2.05 bits per heavy atom. The first-order valence-electron chi connectivity index (χ1n) is 6.45. The van der Waals surface area contributed by atoms with Crippen molar-refractivity contribution in [3.8, 4) is 0 Å². The van der Waals surface area contributed by atoms with Crippen molar-refractivity contribution in [3.05, 3.63) is 46.7 Å². The lowest BCUT2D eigenvalue weighted by Crippen LogP contribution is -2.04. The predicted molar refractivity (Wildman–Crippen MR) is 85.1 cm³/mol. The van der Waals surface area contributed by atoms with Gasteiger partial charge in [0.15, 0.2) is 0 Å². The van der Waals surface area contributed by atoms with E-state index in [0.29, 0.717) is 6.54 Å². The molecule has 3 aromatic rings. The molecule has 5 heteroatoms. The quantitative estimate of drug-likeness (QED) is 0.722. The number of anilines is 2. The van der Waals surface area contributed by atoms with E-state index in [1.54, 1.807) is 11.3 Å². The van der Waals surface area contributed by atoms with Crippen LogP contribution in [0.3, 0.4) is 0 Å². The molecule has 0 aliphatic heterocycles. The zero-order valence-corrected chi connectivity index (χ0v) is 12.3. The highest BCUT2D eigenvalue weighted by molar-refractivity contribution is 7.18. The van der Waals surface area contributed by atoms with Gasteiger partial charge in [0.25, 0.3) is 0 Å². The SMILES string of the molecule is Cc1cccc(CNc2cc3nc(C)sc3cc2N)n1. The summed E-state index contributed by atoms with van der Waals surface area (Å²) in [5, 5.41) is 4.39. The smallest absolute Gasteiger partial charge is 0.0907 e. The first kappa shape index (κ1) is 12.9. The molecule has 4 nitrogen and oxygen atoms in total. The van der Waals surface area contributed by atoms with Gasteiger partial charge in [-0.2, -0.15) is 0 Å². The van der Waals surface area contributed by atoms with Gasteiger partial charge in [0.2, 0.25) is 0 Å². The van der Waals surface area contributed by atoms with Crippen molar-refractivity contribution in [1.29, 1.82) is 0 Å². The van der Waals surface area contributed by atoms with Gasteiger partial charge in [-0.1, -0.05) is 6.07 Å². The summed E-state index contributed by atoms with van der Waals surface area (Å²) in [5.74, 6) is 0. The van der Waals surface area contributed by atoms with Crippen molar-refractivity contribution in [2.24, 2.45) is 0 Å². The van der Waals surface area contributed by atoms with Crippen LogP contribution in [0.5, 0.6) is 0 Å². The third-order valence-electron chi connectivity index (χ3n) is 3.07. The molecule has 0 unspecified atom stereocenters. The van der Waals surface area contributed by atoms with E-state index in [1.807, 2.05) is 44.2 Å². The summed E-state index contributed by atoms with van der Waals surface area (Å²) in [7, 11) is 0. The molecule has 0 amide bonds. The topological polar surface area (TPSA) is 63.8 Å². The third-order valence-corrected chi connectivity index (χ3v) is 4.01. The number of pyridine rings is 1. The van der Waals surface area contributed by atoms with Gasteiger partial charge < -0.3 is 11.1 Å².